The first-order chi connectivity index (χ1) is 12.0. The third-order valence-electron chi connectivity index (χ3n) is 2.97. The predicted octanol–water partition coefficient (Wildman–Crippen LogP) is 2.21. The Morgan fingerprint density at radius 1 is 1.40 bits per heavy atom. The van der Waals surface area contributed by atoms with Crippen molar-refractivity contribution in [1.82, 2.24) is 9.97 Å². The van der Waals surface area contributed by atoms with E-state index in [9.17, 15) is 5.11 Å². The molecule has 0 aliphatic carbocycles. The van der Waals surface area contributed by atoms with Gasteiger partial charge in [-0.1, -0.05) is 23.4 Å². The highest BCUT2D eigenvalue weighted by molar-refractivity contribution is 6.32. The number of hydrogen-bond donors (Lipinski definition) is 3. The quantitative estimate of drug-likeness (QED) is 0.534. The van der Waals surface area contributed by atoms with E-state index in [-0.39, 0.29) is 5.95 Å². The standard InChI is InChI=1S/C17H19ClN4O3/c1-11(23)3-4-12-5-6-15(25-8-7-24-2)14(9-12)21-16-13(18)10-20-17(19)22-16/h5-6,9-11,23H,7-8H2,1-2H3,(H3,19,20,21,22). The number of aromatic nitrogens is 2. The molecule has 2 aromatic rings. The van der Waals surface area contributed by atoms with Crippen molar-refractivity contribution in [2.75, 3.05) is 31.4 Å². The summed E-state index contributed by atoms with van der Waals surface area (Å²) in [6.07, 6.45) is 0.694. The highest BCUT2D eigenvalue weighted by atomic mass is 35.5. The van der Waals surface area contributed by atoms with Gasteiger partial charge in [-0.3, -0.25) is 0 Å². The SMILES string of the molecule is COCCOc1ccc(C#CC(C)O)cc1Nc1nc(N)ncc1Cl. The minimum Gasteiger partial charge on any atom is -0.489 e. The van der Waals surface area contributed by atoms with Crippen LogP contribution in [0.3, 0.4) is 0 Å². The van der Waals surface area contributed by atoms with Crippen LogP contribution >= 0.6 is 11.6 Å². The van der Waals surface area contributed by atoms with Gasteiger partial charge in [0.05, 0.1) is 18.5 Å². The number of nitrogen functional groups attached to an aromatic ring is 1. The fraction of sp³-hybridized carbons (Fsp3) is 0.294. The van der Waals surface area contributed by atoms with Crippen molar-refractivity contribution in [3.05, 3.63) is 35.0 Å². The molecule has 1 heterocycles. The molecule has 25 heavy (non-hydrogen) atoms. The van der Waals surface area contributed by atoms with Gasteiger partial charge in [-0.15, -0.1) is 0 Å². The maximum Gasteiger partial charge on any atom is 0.222 e. The van der Waals surface area contributed by atoms with Crippen LogP contribution in [0, 0.1) is 11.8 Å². The maximum atomic E-state index is 9.31. The van der Waals surface area contributed by atoms with Gasteiger partial charge in [-0.25, -0.2) is 4.98 Å². The van der Waals surface area contributed by atoms with E-state index in [0.29, 0.717) is 41.1 Å². The van der Waals surface area contributed by atoms with Crippen molar-refractivity contribution in [2.24, 2.45) is 0 Å². The molecule has 0 aliphatic heterocycles. The van der Waals surface area contributed by atoms with Crippen molar-refractivity contribution in [3.8, 4) is 17.6 Å². The van der Waals surface area contributed by atoms with Crippen molar-refractivity contribution in [3.63, 3.8) is 0 Å². The number of rotatable bonds is 6. The van der Waals surface area contributed by atoms with Crippen molar-refractivity contribution >= 4 is 29.1 Å². The van der Waals surface area contributed by atoms with E-state index < -0.39 is 6.10 Å². The fourth-order valence-electron chi connectivity index (χ4n) is 1.85. The van der Waals surface area contributed by atoms with Gasteiger partial charge in [0.15, 0.2) is 5.82 Å². The summed E-state index contributed by atoms with van der Waals surface area (Å²) in [6, 6.07) is 5.33. The number of nitrogens with one attached hydrogen (secondary N) is 1. The zero-order valence-corrected chi connectivity index (χ0v) is 14.7. The van der Waals surface area contributed by atoms with Crippen molar-refractivity contribution in [2.45, 2.75) is 13.0 Å². The molecule has 1 aromatic heterocycles. The van der Waals surface area contributed by atoms with E-state index in [1.165, 1.54) is 6.20 Å². The summed E-state index contributed by atoms with van der Waals surface area (Å²) in [5, 5.41) is 12.7. The first-order valence-electron chi connectivity index (χ1n) is 7.50. The average molecular weight is 363 g/mol. The molecule has 0 radical (unpaired) electrons. The molecule has 0 amide bonds. The summed E-state index contributed by atoms with van der Waals surface area (Å²) in [6.45, 7) is 2.42. The molecule has 132 valence electrons. The topological polar surface area (TPSA) is 103 Å². The van der Waals surface area contributed by atoms with E-state index >= 15 is 0 Å². The third kappa shape index (κ3) is 5.80. The van der Waals surface area contributed by atoms with Gasteiger partial charge in [0.2, 0.25) is 5.95 Å². The molecule has 0 saturated heterocycles. The predicted molar refractivity (Wildman–Crippen MR) is 97.1 cm³/mol. The minimum atomic E-state index is -0.717. The zero-order chi connectivity index (χ0) is 18.2. The summed E-state index contributed by atoms with van der Waals surface area (Å²) in [5.74, 6) is 6.60. The molecular weight excluding hydrogens is 344 g/mol. The lowest BCUT2D eigenvalue weighted by Crippen LogP contribution is -2.07. The number of aliphatic hydroxyl groups is 1. The number of aliphatic hydroxyl groups excluding tert-OH is 1. The van der Waals surface area contributed by atoms with E-state index in [1.807, 2.05) is 0 Å². The molecular formula is C17H19ClN4O3. The molecule has 0 bridgehead atoms. The summed E-state index contributed by atoms with van der Waals surface area (Å²) in [5.41, 5.74) is 6.91. The largest absolute Gasteiger partial charge is 0.489 e. The number of anilines is 3. The van der Waals surface area contributed by atoms with Crippen LogP contribution in [0.15, 0.2) is 24.4 Å². The number of nitrogens with zero attached hydrogens (tertiary/aromatic N) is 2. The monoisotopic (exact) mass is 362 g/mol. The second kappa shape index (κ2) is 9.08. The number of hydrogen-bond acceptors (Lipinski definition) is 7. The summed E-state index contributed by atoms with van der Waals surface area (Å²) < 4.78 is 10.7. The Morgan fingerprint density at radius 3 is 2.92 bits per heavy atom. The number of ether oxygens (including phenoxy) is 2. The Morgan fingerprint density at radius 2 is 2.20 bits per heavy atom. The first kappa shape index (κ1) is 18.8. The molecule has 1 unspecified atom stereocenters. The molecule has 4 N–H and O–H groups in total. The van der Waals surface area contributed by atoms with E-state index in [4.69, 9.17) is 26.8 Å². The van der Waals surface area contributed by atoms with Crippen LogP contribution in [0.4, 0.5) is 17.5 Å². The number of methoxy groups -OCH3 is 1. The lowest BCUT2D eigenvalue weighted by atomic mass is 10.1. The van der Waals surface area contributed by atoms with Crippen LogP contribution in [0.25, 0.3) is 0 Å². The first-order valence-corrected chi connectivity index (χ1v) is 7.88. The highest BCUT2D eigenvalue weighted by Gasteiger charge is 2.10. The van der Waals surface area contributed by atoms with Gasteiger partial charge >= 0.3 is 0 Å². The Labute approximate surface area is 151 Å². The molecule has 1 aromatic carbocycles. The van der Waals surface area contributed by atoms with E-state index in [1.54, 1.807) is 32.2 Å². The number of nitrogens with two attached hydrogens (primary N) is 1. The van der Waals surface area contributed by atoms with E-state index in [0.717, 1.165) is 0 Å². The van der Waals surface area contributed by atoms with Gasteiger partial charge in [0, 0.05) is 12.7 Å². The molecule has 7 nitrogen and oxygen atoms in total. The summed E-state index contributed by atoms with van der Waals surface area (Å²) in [7, 11) is 1.60. The van der Waals surface area contributed by atoms with Crippen LogP contribution in [-0.2, 0) is 4.74 Å². The van der Waals surface area contributed by atoms with Crippen molar-refractivity contribution in [1.29, 1.82) is 0 Å². The van der Waals surface area contributed by atoms with Crippen LogP contribution in [0.5, 0.6) is 5.75 Å². The molecule has 0 aliphatic rings. The molecule has 0 saturated carbocycles. The summed E-state index contributed by atoms with van der Waals surface area (Å²) in [4.78, 5) is 7.90. The van der Waals surface area contributed by atoms with Gasteiger partial charge in [-0.2, -0.15) is 4.98 Å². The molecule has 0 fully saturated rings. The van der Waals surface area contributed by atoms with E-state index in [2.05, 4.69) is 27.1 Å². The minimum absolute atomic E-state index is 0.0961. The number of benzene rings is 1. The Kier molecular flexibility index (Phi) is 6.83. The Balaban J connectivity index is 2.34. The number of halogens is 1. The van der Waals surface area contributed by atoms with Crippen LogP contribution in [-0.4, -0.2) is 41.5 Å². The molecule has 2 rings (SSSR count). The average Bonchev–Trinajstić information content (AvgIpc) is 2.58. The normalized spacial score (nSPS) is 11.4. The second-order valence-corrected chi connectivity index (χ2v) is 5.45. The van der Waals surface area contributed by atoms with Crippen LogP contribution in [0.2, 0.25) is 5.02 Å². The van der Waals surface area contributed by atoms with Gasteiger partial charge in [-0.05, 0) is 25.1 Å². The maximum absolute atomic E-state index is 9.31. The van der Waals surface area contributed by atoms with Gasteiger partial charge in [0.25, 0.3) is 0 Å². The smallest absolute Gasteiger partial charge is 0.222 e. The van der Waals surface area contributed by atoms with Crippen LogP contribution in [0.1, 0.15) is 12.5 Å². The van der Waals surface area contributed by atoms with Gasteiger partial charge < -0.3 is 25.6 Å². The molecule has 8 heteroatoms. The highest BCUT2D eigenvalue weighted by Crippen LogP contribution is 2.31. The summed E-state index contributed by atoms with van der Waals surface area (Å²) >= 11 is 6.10. The molecule has 0 spiro atoms. The third-order valence-corrected chi connectivity index (χ3v) is 3.24. The lowest BCUT2D eigenvalue weighted by molar-refractivity contribution is 0.146. The van der Waals surface area contributed by atoms with Crippen molar-refractivity contribution < 1.29 is 14.6 Å². The Bertz CT molecular complexity index is 787. The van der Waals surface area contributed by atoms with Gasteiger partial charge in [0.1, 0.15) is 23.5 Å². The fourth-order valence-corrected chi connectivity index (χ4v) is 1.99. The lowest BCUT2D eigenvalue weighted by Gasteiger charge is -2.14. The Hall–Kier alpha value is -2.53. The zero-order valence-electron chi connectivity index (χ0n) is 13.9. The second-order valence-electron chi connectivity index (χ2n) is 5.05. The van der Waals surface area contributed by atoms with Crippen LogP contribution < -0.4 is 15.8 Å². The molecule has 1 atom stereocenters.